The molecular weight excluding hydrogens is 143 g/mol. The van der Waals surface area contributed by atoms with E-state index in [1.165, 1.54) is 0 Å². The monoisotopic (exact) mass is 162 g/mol. The lowest BCUT2D eigenvalue weighted by atomic mass is 10.1. The molecule has 2 heteroatoms. The lowest BCUT2D eigenvalue weighted by Crippen LogP contribution is -2.14. The molecule has 0 saturated carbocycles. The molecule has 0 aliphatic heterocycles. The molecule has 1 atom stereocenters. The van der Waals surface area contributed by atoms with Crippen LogP contribution in [0.15, 0.2) is 0 Å². The van der Waals surface area contributed by atoms with Crippen molar-refractivity contribution >= 4 is 0 Å². The number of ether oxygens (including phenoxy) is 1. The normalized spacial score (nSPS) is 14.5. The Balaban J connectivity index is 3.24. The Morgan fingerprint density at radius 2 is 1.73 bits per heavy atom. The molecule has 0 fully saturated rings. The van der Waals surface area contributed by atoms with Gasteiger partial charge >= 0.3 is 0 Å². The average Bonchev–Trinajstić information content (AvgIpc) is 1.86. The van der Waals surface area contributed by atoms with E-state index in [1.807, 2.05) is 27.7 Å². The summed E-state index contributed by atoms with van der Waals surface area (Å²) in [6.45, 7) is 8.24. The molecule has 0 N–H and O–H groups in total. The summed E-state index contributed by atoms with van der Waals surface area (Å²) in [5.41, 5.74) is 0. The summed E-state index contributed by atoms with van der Waals surface area (Å²) in [5, 5.41) is 0. The molecule has 0 amide bonds. The van der Waals surface area contributed by atoms with Gasteiger partial charge in [-0.25, -0.2) is 4.39 Å². The predicted molar refractivity (Wildman–Crippen MR) is 45.4 cm³/mol. The minimum absolute atomic E-state index is 0.116. The van der Waals surface area contributed by atoms with E-state index in [9.17, 15) is 4.39 Å². The SMILES string of the molecule is CC(C)OCCC(F)C(C)C. The zero-order chi connectivity index (χ0) is 8.85. The summed E-state index contributed by atoms with van der Waals surface area (Å²) in [6, 6.07) is 0. The summed E-state index contributed by atoms with van der Waals surface area (Å²) in [4.78, 5) is 0. The molecule has 0 saturated heterocycles. The molecule has 0 aromatic rings. The first-order valence-electron chi connectivity index (χ1n) is 4.29. The van der Waals surface area contributed by atoms with Crippen LogP contribution in [0.1, 0.15) is 34.1 Å². The highest BCUT2D eigenvalue weighted by Gasteiger charge is 2.10. The van der Waals surface area contributed by atoms with Gasteiger partial charge in [-0.1, -0.05) is 13.8 Å². The van der Waals surface area contributed by atoms with Gasteiger partial charge in [0.15, 0.2) is 0 Å². The third-order valence-corrected chi connectivity index (χ3v) is 1.57. The molecule has 0 rings (SSSR count). The third-order valence-electron chi connectivity index (χ3n) is 1.57. The van der Waals surface area contributed by atoms with Gasteiger partial charge in [0.1, 0.15) is 6.17 Å². The highest BCUT2D eigenvalue weighted by molar-refractivity contribution is 4.59. The lowest BCUT2D eigenvalue weighted by Gasteiger charge is -2.12. The van der Waals surface area contributed by atoms with Crippen LogP contribution in [-0.4, -0.2) is 18.9 Å². The summed E-state index contributed by atoms with van der Waals surface area (Å²) in [7, 11) is 0. The molecule has 1 unspecified atom stereocenters. The maximum absolute atomic E-state index is 12.9. The van der Waals surface area contributed by atoms with Gasteiger partial charge in [0.25, 0.3) is 0 Å². The Kier molecular flexibility index (Phi) is 5.47. The first-order chi connectivity index (χ1) is 5.04. The fraction of sp³-hybridized carbons (Fsp3) is 1.00. The van der Waals surface area contributed by atoms with E-state index in [2.05, 4.69) is 0 Å². The number of halogens is 1. The van der Waals surface area contributed by atoms with Crippen molar-refractivity contribution in [2.24, 2.45) is 5.92 Å². The van der Waals surface area contributed by atoms with Gasteiger partial charge in [-0.3, -0.25) is 0 Å². The molecule has 1 nitrogen and oxygen atoms in total. The molecule has 0 heterocycles. The van der Waals surface area contributed by atoms with Gasteiger partial charge < -0.3 is 4.74 Å². The van der Waals surface area contributed by atoms with E-state index < -0.39 is 6.17 Å². The molecule has 0 aliphatic rings. The quantitative estimate of drug-likeness (QED) is 0.604. The van der Waals surface area contributed by atoms with Crippen molar-refractivity contribution in [3.05, 3.63) is 0 Å². The van der Waals surface area contributed by atoms with Crippen LogP contribution in [0.25, 0.3) is 0 Å². The minimum atomic E-state index is -0.714. The average molecular weight is 162 g/mol. The number of rotatable bonds is 5. The Labute approximate surface area is 68.9 Å². The minimum Gasteiger partial charge on any atom is -0.379 e. The van der Waals surface area contributed by atoms with Crippen molar-refractivity contribution in [2.75, 3.05) is 6.61 Å². The molecule has 0 spiro atoms. The molecule has 68 valence electrons. The van der Waals surface area contributed by atoms with Crippen LogP contribution in [-0.2, 0) is 4.74 Å². The molecule has 0 aromatic carbocycles. The van der Waals surface area contributed by atoms with Crippen LogP contribution < -0.4 is 0 Å². The molecule has 0 bridgehead atoms. The summed E-state index contributed by atoms with van der Waals surface area (Å²) in [6.07, 6.45) is 0.0265. The highest BCUT2D eigenvalue weighted by atomic mass is 19.1. The topological polar surface area (TPSA) is 9.23 Å². The maximum Gasteiger partial charge on any atom is 0.105 e. The zero-order valence-corrected chi connectivity index (χ0v) is 7.93. The van der Waals surface area contributed by atoms with Crippen LogP contribution in [0, 0.1) is 5.92 Å². The first-order valence-corrected chi connectivity index (χ1v) is 4.29. The molecule has 11 heavy (non-hydrogen) atoms. The van der Waals surface area contributed by atoms with E-state index in [0.717, 1.165) is 0 Å². The van der Waals surface area contributed by atoms with Crippen molar-refractivity contribution in [2.45, 2.75) is 46.4 Å². The van der Waals surface area contributed by atoms with E-state index in [0.29, 0.717) is 13.0 Å². The van der Waals surface area contributed by atoms with Crippen LogP contribution in [0.2, 0.25) is 0 Å². The van der Waals surface area contributed by atoms with Crippen molar-refractivity contribution < 1.29 is 9.13 Å². The zero-order valence-electron chi connectivity index (χ0n) is 7.93. The van der Waals surface area contributed by atoms with Crippen molar-refractivity contribution in [1.29, 1.82) is 0 Å². The Bertz CT molecular complexity index is 91.6. The predicted octanol–water partition coefficient (Wildman–Crippen LogP) is 2.80. The first kappa shape index (κ1) is 10.9. The Morgan fingerprint density at radius 3 is 2.09 bits per heavy atom. The summed E-state index contributed by atoms with van der Waals surface area (Å²) < 4.78 is 18.1. The van der Waals surface area contributed by atoms with E-state index in [1.54, 1.807) is 0 Å². The second-order valence-corrected chi connectivity index (χ2v) is 3.47. The van der Waals surface area contributed by atoms with E-state index >= 15 is 0 Å². The largest absolute Gasteiger partial charge is 0.379 e. The van der Waals surface area contributed by atoms with Crippen molar-refractivity contribution in [3.63, 3.8) is 0 Å². The van der Waals surface area contributed by atoms with Gasteiger partial charge in [0, 0.05) is 13.0 Å². The van der Waals surface area contributed by atoms with Gasteiger partial charge in [0.05, 0.1) is 6.10 Å². The van der Waals surface area contributed by atoms with Gasteiger partial charge in [0.2, 0.25) is 0 Å². The van der Waals surface area contributed by atoms with Crippen LogP contribution in [0.5, 0.6) is 0 Å². The van der Waals surface area contributed by atoms with Gasteiger partial charge in [-0.15, -0.1) is 0 Å². The Morgan fingerprint density at radius 1 is 1.18 bits per heavy atom. The smallest absolute Gasteiger partial charge is 0.105 e. The second-order valence-electron chi connectivity index (χ2n) is 3.47. The Hall–Kier alpha value is -0.110. The van der Waals surface area contributed by atoms with E-state index in [-0.39, 0.29) is 12.0 Å². The second kappa shape index (κ2) is 5.53. The van der Waals surface area contributed by atoms with E-state index in [4.69, 9.17) is 4.74 Å². The number of hydrogen-bond acceptors (Lipinski definition) is 1. The lowest BCUT2D eigenvalue weighted by molar-refractivity contribution is 0.0574. The van der Waals surface area contributed by atoms with Crippen LogP contribution in [0.4, 0.5) is 4.39 Å². The van der Waals surface area contributed by atoms with Crippen molar-refractivity contribution in [3.8, 4) is 0 Å². The summed E-state index contributed by atoms with van der Waals surface area (Å²) >= 11 is 0. The standard InChI is InChI=1S/C9H19FO/c1-7(2)9(10)5-6-11-8(3)4/h7-9H,5-6H2,1-4H3. The number of alkyl halides is 1. The van der Waals surface area contributed by atoms with Gasteiger partial charge in [-0.05, 0) is 19.8 Å². The van der Waals surface area contributed by atoms with Gasteiger partial charge in [-0.2, -0.15) is 0 Å². The fourth-order valence-corrected chi connectivity index (χ4v) is 0.750. The fourth-order valence-electron chi connectivity index (χ4n) is 0.750. The summed E-state index contributed by atoms with van der Waals surface area (Å²) in [5.74, 6) is 0.116. The molecular formula is C9H19FO. The maximum atomic E-state index is 12.9. The van der Waals surface area contributed by atoms with Crippen LogP contribution >= 0.6 is 0 Å². The number of hydrogen-bond donors (Lipinski definition) is 0. The molecule has 0 aliphatic carbocycles. The molecule has 0 aromatic heterocycles. The molecule has 0 radical (unpaired) electrons. The van der Waals surface area contributed by atoms with Crippen molar-refractivity contribution in [1.82, 2.24) is 0 Å². The third kappa shape index (κ3) is 6.29. The van der Waals surface area contributed by atoms with Crippen LogP contribution in [0.3, 0.4) is 0 Å². The highest BCUT2D eigenvalue weighted by Crippen LogP contribution is 2.10.